The van der Waals surface area contributed by atoms with Crippen molar-refractivity contribution in [1.29, 1.82) is 0 Å². The zero-order valence-electron chi connectivity index (χ0n) is 9.32. The highest BCUT2D eigenvalue weighted by Crippen LogP contribution is 2.30. The predicted molar refractivity (Wildman–Crippen MR) is 58.8 cm³/mol. The molecule has 3 heteroatoms. The smallest absolute Gasteiger partial charge is 0.303 e. The number of hydrogen-bond donors (Lipinski definition) is 1. The van der Waals surface area contributed by atoms with Gasteiger partial charge >= 0.3 is 5.97 Å². The van der Waals surface area contributed by atoms with E-state index in [-0.39, 0.29) is 0 Å². The zero-order valence-corrected chi connectivity index (χ0v) is 9.32. The molecule has 1 saturated heterocycles. The number of nitrogens with zero attached hydrogens (tertiary/aromatic N) is 1. The Morgan fingerprint density at radius 1 is 1.20 bits per heavy atom. The van der Waals surface area contributed by atoms with Crippen molar-refractivity contribution >= 4 is 5.97 Å². The van der Waals surface area contributed by atoms with E-state index >= 15 is 0 Å². The lowest BCUT2D eigenvalue weighted by Crippen LogP contribution is -2.44. The number of carbonyl (C=O) groups is 1. The molecule has 1 heterocycles. The summed E-state index contributed by atoms with van der Waals surface area (Å²) in [4.78, 5) is 13.1. The highest BCUT2D eigenvalue weighted by atomic mass is 16.4. The largest absolute Gasteiger partial charge is 0.481 e. The number of likely N-dealkylation sites (tertiary alicyclic amines) is 1. The van der Waals surface area contributed by atoms with Crippen LogP contribution in [0.4, 0.5) is 0 Å². The molecule has 0 unspecified atom stereocenters. The van der Waals surface area contributed by atoms with E-state index in [0.717, 1.165) is 12.5 Å². The van der Waals surface area contributed by atoms with Crippen LogP contribution in [0.2, 0.25) is 0 Å². The van der Waals surface area contributed by atoms with Crippen LogP contribution < -0.4 is 0 Å². The topological polar surface area (TPSA) is 40.5 Å². The first-order valence-corrected chi connectivity index (χ1v) is 6.21. The molecule has 0 amide bonds. The quantitative estimate of drug-likeness (QED) is 0.774. The van der Waals surface area contributed by atoms with Gasteiger partial charge in [-0.15, -0.1) is 0 Å². The Morgan fingerprint density at radius 2 is 1.87 bits per heavy atom. The van der Waals surface area contributed by atoms with E-state index in [4.69, 9.17) is 5.11 Å². The molecule has 0 atom stereocenters. The molecule has 1 saturated carbocycles. The molecule has 0 aromatic heterocycles. The molecular weight excluding hydrogens is 190 g/mol. The first-order valence-electron chi connectivity index (χ1n) is 6.21. The number of carboxylic acids is 1. The first kappa shape index (κ1) is 10.9. The van der Waals surface area contributed by atoms with Gasteiger partial charge in [-0.25, -0.2) is 0 Å². The van der Waals surface area contributed by atoms with Gasteiger partial charge in [0.2, 0.25) is 0 Å². The van der Waals surface area contributed by atoms with E-state index in [1.165, 1.54) is 45.2 Å². The maximum Gasteiger partial charge on any atom is 0.303 e. The molecule has 0 aromatic rings. The summed E-state index contributed by atoms with van der Waals surface area (Å²) in [6.45, 7) is 2.41. The molecule has 0 radical (unpaired) electrons. The maximum absolute atomic E-state index is 10.5. The van der Waals surface area contributed by atoms with Crippen LogP contribution in [-0.4, -0.2) is 35.1 Å². The SMILES string of the molecule is O=C(O)CCC1CCN(C2CCC2)CC1. The van der Waals surface area contributed by atoms with Crippen LogP contribution in [0, 0.1) is 5.92 Å². The van der Waals surface area contributed by atoms with Crippen LogP contribution in [0.5, 0.6) is 0 Å². The Morgan fingerprint density at radius 3 is 2.33 bits per heavy atom. The van der Waals surface area contributed by atoms with E-state index < -0.39 is 5.97 Å². The molecule has 0 spiro atoms. The van der Waals surface area contributed by atoms with Crippen LogP contribution in [-0.2, 0) is 4.79 Å². The van der Waals surface area contributed by atoms with Crippen molar-refractivity contribution in [3.05, 3.63) is 0 Å². The Labute approximate surface area is 91.5 Å². The molecule has 1 aliphatic heterocycles. The third-order valence-corrected chi connectivity index (χ3v) is 4.01. The summed E-state index contributed by atoms with van der Waals surface area (Å²) in [7, 11) is 0. The lowest BCUT2D eigenvalue weighted by molar-refractivity contribution is -0.137. The van der Waals surface area contributed by atoms with Gasteiger partial charge in [0.1, 0.15) is 0 Å². The molecule has 2 fully saturated rings. The van der Waals surface area contributed by atoms with E-state index in [9.17, 15) is 4.79 Å². The predicted octanol–water partition coefficient (Wildman–Crippen LogP) is 2.12. The first-order chi connectivity index (χ1) is 7.25. The summed E-state index contributed by atoms with van der Waals surface area (Å²) >= 11 is 0. The molecule has 3 nitrogen and oxygen atoms in total. The van der Waals surface area contributed by atoms with Crippen LogP contribution in [0.25, 0.3) is 0 Å². The number of hydrogen-bond acceptors (Lipinski definition) is 2. The molecule has 2 rings (SSSR count). The second-order valence-corrected chi connectivity index (χ2v) is 5.00. The van der Waals surface area contributed by atoms with Crippen LogP contribution >= 0.6 is 0 Å². The van der Waals surface area contributed by atoms with Crippen LogP contribution in [0.15, 0.2) is 0 Å². The second-order valence-electron chi connectivity index (χ2n) is 5.00. The second kappa shape index (κ2) is 4.97. The summed E-state index contributed by atoms with van der Waals surface area (Å²) in [5, 5.41) is 8.62. The van der Waals surface area contributed by atoms with Gasteiger partial charge in [0.15, 0.2) is 0 Å². The Kier molecular flexibility index (Phi) is 3.62. The molecule has 0 bridgehead atoms. The number of carboxylic acid groups (broad SMARTS) is 1. The summed E-state index contributed by atoms with van der Waals surface area (Å²) in [5.74, 6) is 0.0221. The van der Waals surface area contributed by atoms with Crippen molar-refractivity contribution in [2.45, 2.75) is 51.0 Å². The zero-order chi connectivity index (χ0) is 10.7. The van der Waals surface area contributed by atoms with Gasteiger partial charge < -0.3 is 10.0 Å². The average Bonchev–Trinajstić information content (AvgIpc) is 2.14. The van der Waals surface area contributed by atoms with Crippen LogP contribution in [0.1, 0.15) is 44.9 Å². The van der Waals surface area contributed by atoms with Gasteiger partial charge in [0.05, 0.1) is 0 Å². The minimum Gasteiger partial charge on any atom is -0.481 e. The van der Waals surface area contributed by atoms with Crippen molar-refractivity contribution in [1.82, 2.24) is 4.90 Å². The Balaban J connectivity index is 1.65. The third-order valence-electron chi connectivity index (χ3n) is 4.01. The highest BCUT2D eigenvalue weighted by Gasteiger charge is 2.28. The van der Waals surface area contributed by atoms with E-state index in [1.54, 1.807) is 0 Å². The summed E-state index contributed by atoms with van der Waals surface area (Å²) in [5.41, 5.74) is 0. The molecule has 15 heavy (non-hydrogen) atoms. The summed E-state index contributed by atoms with van der Waals surface area (Å²) in [6, 6.07) is 0.866. The lowest BCUT2D eigenvalue weighted by Gasteiger charge is -2.41. The standard InChI is InChI=1S/C12H21NO2/c14-12(15)5-4-10-6-8-13(9-7-10)11-2-1-3-11/h10-11H,1-9H2,(H,14,15). The van der Waals surface area contributed by atoms with Crippen LogP contribution in [0.3, 0.4) is 0 Å². The molecule has 2 aliphatic rings. The number of piperidine rings is 1. The van der Waals surface area contributed by atoms with Crippen molar-refractivity contribution in [3.63, 3.8) is 0 Å². The minimum atomic E-state index is -0.642. The molecular formula is C12H21NO2. The van der Waals surface area contributed by atoms with Gasteiger partial charge in [0, 0.05) is 12.5 Å². The van der Waals surface area contributed by atoms with E-state index in [0.29, 0.717) is 12.3 Å². The minimum absolute atomic E-state index is 0.355. The average molecular weight is 211 g/mol. The monoisotopic (exact) mass is 211 g/mol. The fraction of sp³-hybridized carbons (Fsp3) is 0.917. The van der Waals surface area contributed by atoms with Crippen molar-refractivity contribution in [2.24, 2.45) is 5.92 Å². The van der Waals surface area contributed by atoms with Crippen molar-refractivity contribution in [2.75, 3.05) is 13.1 Å². The number of aliphatic carboxylic acids is 1. The molecule has 1 aliphatic carbocycles. The highest BCUT2D eigenvalue weighted by molar-refractivity contribution is 5.66. The van der Waals surface area contributed by atoms with Gasteiger partial charge in [-0.1, -0.05) is 6.42 Å². The van der Waals surface area contributed by atoms with Crippen molar-refractivity contribution < 1.29 is 9.90 Å². The van der Waals surface area contributed by atoms with E-state index in [2.05, 4.69) is 4.90 Å². The van der Waals surface area contributed by atoms with Gasteiger partial charge in [-0.2, -0.15) is 0 Å². The summed E-state index contributed by atoms with van der Waals surface area (Å²) < 4.78 is 0. The molecule has 1 N–H and O–H groups in total. The fourth-order valence-corrected chi connectivity index (χ4v) is 2.69. The van der Waals surface area contributed by atoms with Crippen molar-refractivity contribution in [3.8, 4) is 0 Å². The molecule has 0 aromatic carbocycles. The number of rotatable bonds is 4. The van der Waals surface area contributed by atoms with E-state index in [1.807, 2.05) is 0 Å². The Bertz CT molecular complexity index is 218. The van der Waals surface area contributed by atoms with Gasteiger partial charge in [-0.05, 0) is 51.1 Å². The third kappa shape index (κ3) is 2.94. The normalized spacial score (nSPS) is 25.1. The molecule has 86 valence electrons. The lowest BCUT2D eigenvalue weighted by atomic mass is 9.86. The van der Waals surface area contributed by atoms with Gasteiger partial charge in [0.25, 0.3) is 0 Å². The summed E-state index contributed by atoms with van der Waals surface area (Å²) in [6.07, 6.45) is 7.85. The fourth-order valence-electron chi connectivity index (χ4n) is 2.69. The maximum atomic E-state index is 10.5. The van der Waals surface area contributed by atoms with Gasteiger partial charge in [-0.3, -0.25) is 4.79 Å². The Hall–Kier alpha value is -0.570.